The predicted molar refractivity (Wildman–Crippen MR) is 84.8 cm³/mol. The van der Waals surface area contributed by atoms with Gasteiger partial charge >= 0.3 is 6.03 Å². The van der Waals surface area contributed by atoms with Crippen LogP contribution < -0.4 is 10.6 Å². The lowest BCUT2D eigenvalue weighted by Gasteiger charge is -2.56. The van der Waals surface area contributed by atoms with Crippen LogP contribution in [0.4, 0.5) is 4.79 Å². The van der Waals surface area contributed by atoms with Crippen LogP contribution in [0.15, 0.2) is 0 Å². The minimum Gasteiger partial charge on any atom is -0.379 e. The second-order valence-electron chi connectivity index (χ2n) is 8.09. The van der Waals surface area contributed by atoms with Crippen LogP contribution in [0.5, 0.6) is 0 Å². The van der Waals surface area contributed by atoms with Crippen molar-refractivity contribution in [1.82, 2.24) is 15.5 Å². The molecule has 1 saturated heterocycles. The highest BCUT2D eigenvalue weighted by molar-refractivity contribution is 5.95. The fraction of sp³-hybridized carbons (Fsp3) is 0.882. The summed E-state index contributed by atoms with van der Waals surface area (Å²) in [6.07, 6.45) is 7.34. The van der Waals surface area contributed by atoms with Crippen molar-refractivity contribution in [2.75, 3.05) is 32.8 Å². The number of ether oxygens (including phenoxy) is 1. The van der Waals surface area contributed by atoms with E-state index < -0.39 is 0 Å². The molecule has 2 N–H and O–H groups in total. The highest BCUT2D eigenvalue weighted by Gasteiger charge is 2.51. The summed E-state index contributed by atoms with van der Waals surface area (Å²) in [5.41, 5.74) is -0.0436. The van der Waals surface area contributed by atoms with E-state index in [0.717, 1.165) is 50.1 Å². The molecule has 5 aliphatic rings. The highest BCUT2D eigenvalue weighted by atomic mass is 16.5. The second kappa shape index (κ2) is 6.06. The zero-order chi connectivity index (χ0) is 15.9. The smallest absolute Gasteiger partial charge is 0.321 e. The molecule has 5 fully saturated rings. The second-order valence-corrected chi connectivity index (χ2v) is 8.09. The number of hydrogen-bond acceptors (Lipinski definition) is 4. The molecule has 0 atom stereocenters. The van der Waals surface area contributed by atoms with Crippen LogP contribution in [0.1, 0.15) is 38.5 Å². The number of nitrogens with one attached hydrogen (secondary N) is 2. The maximum absolute atomic E-state index is 12.3. The molecule has 1 aliphatic heterocycles. The summed E-state index contributed by atoms with van der Waals surface area (Å²) in [6.45, 7) is 3.10. The lowest BCUT2D eigenvalue weighted by atomic mass is 9.53. The first kappa shape index (κ1) is 15.4. The summed E-state index contributed by atoms with van der Waals surface area (Å²) < 4.78 is 5.27. The van der Waals surface area contributed by atoms with Gasteiger partial charge in [-0.3, -0.25) is 15.0 Å². The topological polar surface area (TPSA) is 70.7 Å². The van der Waals surface area contributed by atoms with Gasteiger partial charge in [0.2, 0.25) is 5.91 Å². The number of nitrogens with zero attached hydrogens (tertiary/aromatic N) is 1. The normalized spacial score (nSPS) is 39.2. The van der Waals surface area contributed by atoms with Gasteiger partial charge in [0.05, 0.1) is 19.8 Å². The van der Waals surface area contributed by atoms with E-state index in [1.165, 1.54) is 19.3 Å². The molecule has 4 aliphatic carbocycles. The number of rotatable bonds is 3. The van der Waals surface area contributed by atoms with Crippen LogP contribution >= 0.6 is 0 Å². The van der Waals surface area contributed by atoms with Crippen molar-refractivity contribution in [1.29, 1.82) is 0 Å². The van der Waals surface area contributed by atoms with Crippen molar-refractivity contribution in [2.24, 2.45) is 17.8 Å². The van der Waals surface area contributed by atoms with Gasteiger partial charge in [-0.25, -0.2) is 4.79 Å². The monoisotopic (exact) mass is 321 g/mol. The molecular formula is C17H27N3O3. The average Bonchev–Trinajstić information content (AvgIpc) is 2.45. The van der Waals surface area contributed by atoms with E-state index in [-0.39, 0.29) is 24.0 Å². The summed E-state index contributed by atoms with van der Waals surface area (Å²) >= 11 is 0. The molecule has 0 unspecified atom stereocenters. The minimum atomic E-state index is -0.301. The molecule has 4 saturated carbocycles. The Morgan fingerprint density at radius 3 is 2.13 bits per heavy atom. The van der Waals surface area contributed by atoms with Gasteiger partial charge < -0.3 is 10.1 Å². The Morgan fingerprint density at radius 1 is 1.00 bits per heavy atom. The van der Waals surface area contributed by atoms with Crippen molar-refractivity contribution in [3.8, 4) is 0 Å². The fourth-order valence-corrected chi connectivity index (χ4v) is 5.66. The van der Waals surface area contributed by atoms with Crippen LogP contribution in [0, 0.1) is 17.8 Å². The maximum Gasteiger partial charge on any atom is 0.321 e. The Morgan fingerprint density at radius 2 is 1.57 bits per heavy atom. The molecule has 4 bridgehead atoms. The molecule has 0 aromatic carbocycles. The van der Waals surface area contributed by atoms with Crippen LogP contribution in [0.3, 0.4) is 0 Å². The lowest BCUT2D eigenvalue weighted by Crippen LogP contribution is -2.62. The SMILES string of the molecule is O=C(CN1CCOCC1)NC(=O)NC12CC3CC(CC(C3)C1)C2. The van der Waals surface area contributed by atoms with E-state index in [1.54, 1.807) is 0 Å². The zero-order valence-electron chi connectivity index (χ0n) is 13.7. The Labute approximate surface area is 137 Å². The van der Waals surface area contributed by atoms with Gasteiger partial charge in [-0.2, -0.15) is 0 Å². The average molecular weight is 321 g/mol. The third-order valence-corrected chi connectivity index (χ3v) is 6.14. The van der Waals surface area contributed by atoms with Gasteiger partial charge in [-0.05, 0) is 56.3 Å². The fourth-order valence-electron chi connectivity index (χ4n) is 5.66. The van der Waals surface area contributed by atoms with Crippen molar-refractivity contribution >= 4 is 11.9 Å². The standard InChI is InChI=1S/C17H27N3O3/c21-15(11-20-1-3-23-4-2-20)18-16(22)19-17-8-12-5-13(9-17)7-14(6-12)10-17/h12-14H,1-11H2,(H2,18,19,21,22). The summed E-state index contributed by atoms with van der Waals surface area (Å²) in [5, 5.41) is 5.71. The van der Waals surface area contributed by atoms with Crippen LogP contribution in [0.2, 0.25) is 0 Å². The molecule has 3 amide bonds. The summed E-state index contributed by atoms with van der Waals surface area (Å²) in [5.74, 6) is 2.14. The summed E-state index contributed by atoms with van der Waals surface area (Å²) in [6, 6.07) is -0.301. The van der Waals surface area contributed by atoms with E-state index >= 15 is 0 Å². The Hall–Kier alpha value is -1.14. The van der Waals surface area contributed by atoms with Crippen molar-refractivity contribution in [2.45, 2.75) is 44.1 Å². The van der Waals surface area contributed by atoms with Gasteiger partial charge in [0.1, 0.15) is 0 Å². The number of urea groups is 1. The van der Waals surface area contributed by atoms with Crippen LogP contribution in [-0.2, 0) is 9.53 Å². The number of amides is 3. The lowest BCUT2D eigenvalue weighted by molar-refractivity contribution is -0.122. The van der Waals surface area contributed by atoms with E-state index in [4.69, 9.17) is 4.74 Å². The number of carbonyl (C=O) groups is 2. The Bertz CT molecular complexity index is 452. The molecule has 0 spiro atoms. The molecule has 1 heterocycles. The summed E-state index contributed by atoms with van der Waals surface area (Å²) in [7, 11) is 0. The first-order valence-electron chi connectivity index (χ1n) is 9.02. The number of morpholine rings is 1. The maximum atomic E-state index is 12.3. The third-order valence-electron chi connectivity index (χ3n) is 6.14. The van der Waals surface area contributed by atoms with Crippen LogP contribution in [0.25, 0.3) is 0 Å². The Balaban J connectivity index is 1.29. The number of imide groups is 1. The molecule has 23 heavy (non-hydrogen) atoms. The van der Waals surface area contributed by atoms with Gasteiger partial charge in [-0.15, -0.1) is 0 Å². The van der Waals surface area contributed by atoms with Gasteiger partial charge in [-0.1, -0.05) is 0 Å². The molecule has 5 rings (SSSR count). The largest absolute Gasteiger partial charge is 0.379 e. The number of carbonyl (C=O) groups excluding carboxylic acids is 2. The van der Waals surface area contributed by atoms with E-state index in [0.29, 0.717) is 13.2 Å². The van der Waals surface area contributed by atoms with Crippen molar-refractivity contribution in [3.05, 3.63) is 0 Å². The van der Waals surface area contributed by atoms with E-state index in [1.807, 2.05) is 4.90 Å². The molecule has 6 heteroatoms. The molecule has 6 nitrogen and oxygen atoms in total. The van der Waals surface area contributed by atoms with E-state index in [2.05, 4.69) is 10.6 Å². The molecule has 0 radical (unpaired) electrons. The first-order valence-corrected chi connectivity index (χ1v) is 9.02. The van der Waals surface area contributed by atoms with Gasteiger partial charge in [0, 0.05) is 18.6 Å². The predicted octanol–water partition coefficient (Wildman–Crippen LogP) is 1.11. The minimum absolute atomic E-state index is 0.0436. The quantitative estimate of drug-likeness (QED) is 0.817. The van der Waals surface area contributed by atoms with E-state index in [9.17, 15) is 9.59 Å². The number of hydrogen-bond donors (Lipinski definition) is 2. The molecule has 0 aromatic rings. The molecular weight excluding hydrogens is 294 g/mol. The van der Waals surface area contributed by atoms with Gasteiger partial charge in [0.25, 0.3) is 0 Å². The van der Waals surface area contributed by atoms with Crippen molar-refractivity contribution in [3.63, 3.8) is 0 Å². The van der Waals surface area contributed by atoms with Gasteiger partial charge in [0.15, 0.2) is 0 Å². The first-order chi connectivity index (χ1) is 11.1. The summed E-state index contributed by atoms with van der Waals surface area (Å²) in [4.78, 5) is 26.4. The zero-order valence-corrected chi connectivity index (χ0v) is 13.7. The van der Waals surface area contributed by atoms with Crippen molar-refractivity contribution < 1.29 is 14.3 Å². The van der Waals surface area contributed by atoms with Crippen LogP contribution in [-0.4, -0.2) is 55.2 Å². The molecule has 128 valence electrons. The molecule has 0 aromatic heterocycles. The Kier molecular flexibility index (Phi) is 4.05. The highest BCUT2D eigenvalue weighted by Crippen LogP contribution is 2.55. The third kappa shape index (κ3) is 3.38.